The fraction of sp³-hybridized carbons (Fsp3) is 0.355. The Morgan fingerprint density at radius 2 is 1.61 bits per heavy atom. The standard InChI is InChI=1S/C31H36Cl2N2O3/c1-22-12-15-25(16-13-22)38-18-8-11-29(36)35(21-24-14-17-26(32)27(33)19-24)28(30(37)34-31(2,3)4)20-23-9-6-5-7-10-23/h5-7,9-10,12-17,19,28H,8,11,18,20-21H2,1-4H3,(H,34,37)/t28-/m1/s1. The van der Waals surface area contributed by atoms with Crippen LogP contribution in [0.1, 0.15) is 50.3 Å². The number of carbonyl (C=O) groups is 2. The normalized spacial score (nSPS) is 12.1. The number of ether oxygens (including phenoxy) is 1. The molecule has 0 aliphatic carbocycles. The number of hydrogen-bond donors (Lipinski definition) is 1. The van der Waals surface area contributed by atoms with Crippen molar-refractivity contribution in [2.75, 3.05) is 6.61 Å². The predicted octanol–water partition coefficient (Wildman–Crippen LogP) is 7.02. The molecule has 0 spiro atoms. The number of nitrogens with zero attached hydrogens (tertiary/aromatic N) is 1. The molecule has 0 radical (unpaired) electrons. The van der Waals surface area contributed by atoms with Gasteiger partial charge in [-0.25, -0.2) is 0 Å². The van der Waals surface area contributed by atoms with Gasteiger partial charge in [-0.15, -0.1) is 0 Å². The van der Waals surface area contributed by atoms with E-state index in [2.05, 4.69) is 5.32 Å². The van der Waals surface area contributed by atoms with Crippen LogP contribution in [0.4, 0.5) is 0 Å². The van der Waals surface area contributed by atoms with Crippen molar-refractivity contribution in [1.82, 2.24) is 10.2 Å². The number of hydrogen-bond acceptors (Lipinski definition) is 3. The van der Waals surface area contributed by atoms with Crippen LogP contribution in [0.5, 0.6) is 5.75 Å². The lowest BCUT2D eigenvalue weighted by molar-refractivity contribution is -0.142. The molecule has 0 saturated heterocycles. The smallest absolute Gasteiger partial charge is 0.243 e. The molecule has 0 aliphatic heterocycles. The zero-order valence-electron chi connectivity index (χ0n) is 22.5. The van der Waals surface area contributed by atoms with Crippen LogP contribution >= 0.6 is 23.2 Å². The molecule has 0 heterocycles. The Balaban J connectivity index is 1.83. The average molecular weight is 556 g/mol. The van der Waals surface area contributed by atoms with Gasteiger partial charge < -0.3 is 15.0 Å². The zero-order chi connectivity index (χ0) is 27.7. The number of nitrogens with one attached hydrogen (secondary N) is 1. The van der Waals surface area contributed by atoms with Crippen LogP contribution in [0.3, 0.4) is 0 Å². The van der Waals surface area contributed by atoms with Crippen molar-refractivity contribution in [3.8, 4) is 5.75 Å². The number of carbonyl (C=O) groups excluding carboxylic acids is 2. The van der Waals surface area contributed by atoms with E-state index < -0.39 is 11.6 Å². The van der Waals surface area contributed by atoms with Gasteiger partial charge in [-0.3, -0.25) is 9.59 Å². The Labute approximate surface area is 236 Å². The van der Waals surface area contributed by atoms with Crippen LogP contribution in [-0.2, 0) is 22.6 Å². The maximum atomic E-state index is 13.7. The summed E-state index contributed by atoms with van der Waals surface area (Å²) in [6.45, 7) is 8.43. The van der Waals surface area contributed by atoms with Crippen molar-refractivity contribution >= 4 is 35.0 Å². The molecule has 0 bridgehead atoms. The molecule has 1 atom stereocenters. The van der Waals surface area contributed by atoms with E-state index >= 15 is 0 Å². The number of aryl methyl sites for hydroxylation is 1. The molecule has 0 fully saturated rings. The third-order valence-electron chi connectivity index (χ3n) is 5.93. The molecule has 3 aromatic carbocycles. The number of amides is 2. The molecule has 0 aliphatic rings. The highest BCUT2D eigenvalue weighted by Gasteiger charge is 2.32. The summed E-state index contributed by atoms with van der Waals surface area (Å²) in [5, 5.41) is 3.91. The van der Waals surface area contributed by atoms with E-state index in [1.165, 1.54) is 0 Å². The van der Waals surface area contributed by atoms with E-state index in [1.54, 1.807) is 17.0 Å². The van der Waals surface area contributed by atoms with Crippen molar-refractivity contribution < 1.29 is 14.3 Å². The Morgan fingerprint density at radius 1 is 0.921 bits per heavy atom. The van der Waals surface area contributed by atoms with Crippen molar-refractivity contribution in [3.63, 3.8) is 0 Å². The first kappa shape index (κ1) is 29.5. The van der Waals surface area contributed by atoms with Gasteiger partial charge in [-0.1, -0.05) is 77.3 Å². The average Bonchev–Trinajstić information content (AvgIpc) is 2.86. The molecule has 38 heavy (non-hydrogen) atoms. The minimum absolute atomic E-state index is 0.131. The Kier molecular flexibility index (Phi) is 10.6. The summed E-state index contributed by atoms with van der Waals surface area (Å²) in [6.07, 6.45) is 1.14. The van der Waals surface area contributed by atoms with Gasteiger partial charge >= 0.3 is 0 Å². The van der Waals surface area contributed by atoms with E-state index in [1.807, 2.05) is 88.4 Å². The van der Waals surface area contributed by atoms with Crippen LogP contribution in [0, 0.1) is 6.92 Å². The van der Waals surface area contributed by atoms with Crippen molar-refractivity contribution in [2.24, 2.45) is 0 Å². The summed E-state index contributed by atoms with van der Waals surface area (Å²) in [4.78, 5) is 28.9. The molecule has 0 unspecified atom stereocenters. The Bertz CT molecular complexity index is 1210. The minimum Gasteiger partial charge on any atom is -0.494 e. The van der Waals surface area contributed by atoms with E-state index in [0.29, 0.717) is 29.5 Å². The first-order chi connectivity index (χ1) is 18.0. The van der Waals surface area contributed by atoms with Crippen LogP contribution in [-0.4, -0.2) is 34.9 Å². The van der Waals surface area contributed by atoms with Crippen molar-refractivity contribution in [3.05, 3.63) is 99.5 Å². The highest BCUT2D eigenvalue weighted by Crippen LogP contribution is 2.25. The lowest BCUT2D eigenvalue weighted by Crippen LogP contribution is -2.54. The SMILES string of the molecule is Cc1ccc(OCCCC(=O)N(Cc2ccc(Cl)c(Cl)c2)[C@H](Cc2ccccc2)C(=O)NC(C)(C)C)cc1. The second-order valence-electron chi connectivity index (χ2n) is 10.5. The third kappa shape index (κ3) is 9.38. The van der Waals surface area contributed by atoms with Gasteiger partial charge in [0.25, 0.3) is 0 Å². The van der Waals surface area contributed by atoms with Gasteiger partial charge in [0, 0.05) is 24.9 Å². The molecule has 5 nitrogen and oxygen atoms in total. The monoisotopic (exact) mass is 554 g/mol. The summed E-state index contributed by atoms with van der Waals surface area (Å²) < 4.78 is 5.83. The lowest BCUT2D eigenvalue weighted by atomic mass is 10.00. The molecule has 0 aromatic heterocycles. The topological polar surface area (TPSA) is 58.6 Å². The van der Waals surface area contributed by atoms with Gasteiger partial charge in [0.05, 0.1) is 16.7 Å². The predicted molar refractivity (Wildman–Crippen MR) is 155 cm³/mol. The molecule has 2 amide bonds. The van der Waals surface area contributed by atoms with Crippen molar-refractivity contribution in [2.45, 2.75) is 65.1 Å². The van der Waals surface area contributed by atoms with Crippen LogP contribution in [0.15, 0.2) is 72.8 Å². The highest BCUT2D eigenvalue weighted by molar-refractivity contribution is 6.42. The third-order valence-corrected chi connectivity index (χ3v) is 6.67. The fourth-order valence-corrected chi connectivity index (χ4v) is 4.35. The first-order valence-electron chi connectivity index (χ1n) is 12.8. The fourth-order valence-electron chi connectivity index (χ4n) is 4.03. The summed E-state index contributed by atoms with van der Waals surface area (Å²) in [5.41, 5.74) is 2.47. The summed E-state index contributed by atoms with van der Waals surface area (Å²) in [5.74, 6) is 0.432. The van der Waals surface area contributed by atoms with Gasteiger partial charge in [-0.05, 0) is 69.5 Å². The molecular weight excluding hydrogens is 519 g/mol. The quantitative estimate of drug-likeness (QED) is 0.259. The van der Waals surface area contributed by atoms with Crippen LogP contribution in [0.2, 0.25) is 10.0 Å². The largest absolute Gasteiger partial charge is 0.494 e. The Morgan fingerprint density at radius 3 is 2.24 bits per heavy atom. The molecule has 0 saturated carbocycles. The number of halogens is 2. The minimum atomic E-state index is -0.711. The highest BCUT2D eigenvalue weighted by atomic mass is 35.5. The van der Waals surface area contributed by atoms with E-state index in [-0.39, 0.29) is 24.8 Å². The summed E-state index contributed by atoms with van der Waals surface area (Å²) in [7, 11) is 0. The molecule has 1 N–H and O–H groups in total. The molecule has 3 aromatic rings. The van der Waals surface area contributed by atoms with Crippen molar-refractivity contribution in [1.29, 1.82) is 0 Å². The first-order valence-corrected chi connectivity index (χ1v) is 13.6. The van der Waals surface area contributed by atoms with Crippen LogP contribution < -0.4 is 10.1 Å². The molecule has 202 valence electrons. The molecular formula is C31H36Cl2N2O3. The Hall–Kier alpha value is -3.02. The second kappa shape index (κ2) is 13.7. The van der Waals surface area contributed by atoms with E-state index in [0.717, 1.165) is 22.4 Å². The second-order valence-corrected chi connectivity index (χ2v) is 11.3. The van der Waals surface area contributed by atoms with Gasteiger partial charge in [-0.2, -0.15) is 0 Å². The van der Waals surface area contributed by atoms with E-state index in [9.17, 15) is 9.59 Å². The zero-order valence-corrected chi connectivity index (χ0v) is 24.0. The number of benzene rings is 3. The maximum Gasteiger partial charge on any atom is 0.243 e. The molecule has 3 rings (SSSR count). The van der Waals surface area contributed by atoms with Gasteiger partial charge in [0.2, 0.25) is 11.8 Å². The van der Waals surface area contributed by atoms with Crippen LogP contribution in [0.25, 0.3) is 0 Å². The lowest BCUT2D eigenvalue weighted by Gasteiger charge is -2.34. The molecule has 7 heteroatoms. The van der Waals surface area contributed by atoms with E-state index in [4.69, 9.17) is 27.9 Å². The van der Waals surface area contributed by atoms with Gasteiger partial charge in [0.15, 0.2) is 0 Å². The number of rotatable bonds is 11. The van der Waals surface area contributed by atoms with Gasteiger partial charge in [0.1, 0.15) is 11.8 Å². The maximum absolute atomic E-state index is 13.7. The summed E-state index contributed by atoms with van der Waals surface area (Å²) >= 11 is 12.4. The summed E-state index contributed by atoms with van der Waals surface area (Å²) in [6, 6.07) is 22.1.